The zero-order valence-corrected chi connectivity index (χ0v) is 12.3. The summed E-state index contributed by atoms with van der Waals surface area (Å²) in [7, 11) is 0. The second kappa shape index (κ2) is 7.60. The van der Waals surface area contributed by atoms with Gasteiger partial charge in [0.2, 0.25) is 0 Å². The fraction of sp³-hybridized carbons (Fsp3) is 1.00. The summed E-state index contributed by atoms with van der Waals surface area (Å²) in [6, 6.07) is 1.45. The van der Waals surface area contributed by atoms with Gasteiger partial charge in [0.25, 0.3) is 0 Å². The van der Waals surface area contributed by atoms with Crippen LogP contribution >= 0.6 is 11.8 Å². The highest BCUT2D eigenvalue weighted by Gasteiger charge is 2.27. The molecule has 1 aliphatic rings. The van der Waals surface area contributed by atoms with Gasteiger partial charge in [0.05, 0.1) is 0 Å². The van der Waals surface area contributed by atoms with Crippen molar-refractivity contribution in [3.05, 3.63) is 0 Å². The molecule has 0 spiro atoms. The van der Waals surface area contributed by atoms with Crippen LogP contribution in [-0.4, -0.2) is 23.6 Å². The van der Waals surface area contributed by atoms with E-state index in [-0.39, 0.29) is 0 Å². The van der Waals surface area contributed by atoms with Gasteiger partial charge in [0.15, 0.2) is 0 Å². The largest absolute Gasteiger partial charge is 0.310 e. The van der Waals surface area contributed by atoms with E-state index >= 15 is 0 Å². The van der Waals surface area contributed by atoms with Crippen LogP contribution in [0.1, 0.15) is 53.4 Å². The van der Waals surface area contributed by atoms with Gasteiger partial charge < -0.3 is 5.32 Å². The van der Waals surface area contributed by atoms with Gasteiger partial charge in [-0.25, -0.2) is 0 Å². The normalized spacial score (nSPS) is 28.3. The predicted molar refractivity (Wildman–Crippen MR) is 76.2 cm³/mol. The Balaban J connectivity index is 2.36. The lowest BCUT2D eigenvalue weighted by Gasteiger charge is -2.36. The number of hydrogen-bond donors (Lipinski definition) is 1. The standard InChI is InChI=1S/C14H29NS/c1-5-16-10-12(4)15-14-9-7-6-8-13(14)11(2)3/h11-15H,5-10H2,1-4H3. The Morgan fingerprint density at radius 1 is 1.19 bits per heavy atom. The maximum Gasteiger partial charge on any atom is 0.0132 e. The van der Waals surface area contributed by atoms with Gasteiger partial charge >= 0.3 is 0 Å². The number of thioether (sulfide) groups is 1. The predicted octanol–water partition coefficient (Wildman–Crippen LogP) is 3.93. The molecule has 2 heteroatoms. The molecule has 0 saturated heterocycles. The molecule has 3 atom stereocenters. The lowest BCUT2D eigenvalue weighted by Crippen LogP contribution is -2.45. The Labute approximate surface area is 106 Å². The third-order valence-electron chi connectivity index (χ3n) is 3.75. The third-order valence-corrected chi connectivity index (χ3v) is 4.89. The van der Waals surface area contributed by atoms with Crippen LogP contribution in [0.5, 0.6) is 0 Å². The van der Waals surface area contributed by atoms with Crippen molar-refractivity contribution in [1.82, 2.24) is 5.32 Å². The Morgan fingerprint density at radius 3 is 2.50 bits per heavy atom. The second-order valence-electron chi connectivity index (χ2n) is 5.53. The van der Waals surface area contributed by atoms with Crippen molar-refractivity contribution in [3.63, 3.8) is 0 Å². The van der Waals surface area contributed by atoms with E-state index in [0.29, 0.717) is 6.04 Å². The molecule has 0 aliphatic heterocycles. The van der Waals surface area contributed by atoms with E-state index in [9.17, 15) is 0 Å². The topological polar surface area (TPSA) is 12.0 Å². The maximum absolute atomic E-state index is 3.86. The number of nitrogens with one attached hydrogen (secondary N) is 1. The van der Waals surface area contributed by atoms with Gasteiger partial charge in [0.1, 0.15) is 0 Å². The summed E-state index contributed by atoms with van der Waals surface area (Å²) >= 11 is 2.05. The molecule has 1 nitrogen and oxygen atoms in total. The first kappa shape index (κ1) is 14.4. The van der Waals surface area contributed by atoms with Crippen molar-refractivity contribution in [2.24, 2.45) is 11.8 Å². The van der Waals surface area contributed by atoms with Gasteiger partial charge in [-0.1, -0.05) is 33.6 Å². The molecule has 3 unspecified atom stereocenters. The molecule has 16 heavy (non-hydrogen) atoms. The summed E-state index contributed by atoms with van der Waals surface area (Å²) in [5.41, 5.74) is 0. The van der Waals surface area contributed by atoms with Crippen molar-refractivity contribution in [3.8, 4) is 0 Å². The van der Waals surface area contributed by atoms with E-state index in [2.05, 4.69) is 44.8 Å². The van der Waals surface area contributed by atoms with Crippen LogP contribution in [0.4, 0.5) is 0 Å². The van der Waals surface area contributed by atoms with Crippen molar-refractivity contribution in [1.29, 1.82) is 0 Å². The molecule has 1 saturated carbocycles. The lowest BCUT2D eigenvalue weighted by atomic mass is 9.77. The highest BCUT2D eigenvalue weighted by atomic mass is 32.2. The first-order valence-corrected chi connectivity index (χ1v) is 8.14. The van der Waals surface area contributed by atoms with Crippen LogP contribution in [-0.2, 0) is 0 Å². The minimum absolute atomic E-state index is 0.675. The monoisotopic (exact) mass is 243 g/mol. The van der Waals surface area contributed by atoms with E-state index in [1.807, 2.05) is 0 Å². The summed E-state index contributed by atoms with van der Waals surface area (Å²) in [6.07, 6.45) is 5.70. The molecule has 1 rings (SSSR count). The van der Waals surface area contributed by atoms with Crippen LogP contribution in [0, 0.1) is 11.8 Å². The second-order valence-corrected chi connectivity index (χ2v) is 6.84. The average Bonchev–Trinajstić information content (AvgIpc) is 2.27. The Bertz CT molecular complexity index is 182. The van der Waals surface area contributed by atoms with Gasteiger partial charge in [-0.15, -0.1) is 0 Å². The van der Waals surface area contributed by atoms with Crippen LogP contribution < -0.4 is 5.32 Å². The van der Waals surface area contributed by atoms with Crippen molar-refractivity contribution in [2.45, 2.75) is 65.5 Å². The SMILES string of the molecule is CCSCC(C)NC1CCCCC1C(C)C. The summed E-state index contributed by atoms with van der Waals surface area (Å²) in [4.78, 5) is 0. The molecule has 96 valence electrons. The van der Waals surface area contributed by atoms with Crippen LogP contribution in [0.25, 0.3) is 0 Å². The first-order valence-electron chi connectivity index (χ1n) is 6.99. The molecule has 0 aromatic rings. The molecular weight excluding hydrogens is 214 g/mol. The summed E-state index contributed by atoms with van der Waals surface area (Å²) in [5.74, 6) is 4.24. The van der Waals surface area contributed by atoms with E-state index in [1.165, 1.54) is 37.2 Å². The van der Waals surface area contributed by atoms with Gasteiger partial charge in [-0.05, 0) is 37.4 Å². The average molecular weight is 243 g/mol. The molecule has 0 radical (unpaired) electrons. The maximum atomic E-state index is 3.86. The van der Waals surface area contributed by atoms with Crippen molar-refractivity contribution in [2.75, 3.05) is 11.5 Å². The zero-order chi connectivity index (χ0) is 12.0. The highest BCUT2D eigenvalue weighted by Crippen LogP contribution is 2.30. The summed E-state index contributed by atoms with van der Waals surface area (Å²) in [6.45, 7) is 9.36. The van der Waals surface area contributed by atoms with Crippen LogP contribution in [0.2, 0.25) is 0 Å². The van der Waals surface area contributed by atoms with E-state index in [4.69, 9.17) is 0 Å². The minimum Gasteiger partial charge on any atom is -0.310 e. The molecule has 1 aliphatic carbocycles. The van der Waals surface area contributed by atoms with Gasteiger partial charge in [-0.3, -0.25) is 0 Å². The van der Waals surface area contributed by atoms with Gasteiger partial charge in [0, 0.05) is 17.8 Å². The third kappa shape index (κ3) is 4.67. The Kier molecular flexibility index (Phi) is 6.83. The molecule has 1 fully saturated rings. The fourth-order valence-electron chi connectivity index (χ4n) is 2.87. The minimum atomic E-state index is 0.675. The highest BCUT2D eigenvalue weighted by molar-refractivity contribution is 7.99. The summed E-state index contributed by atoms with van der Waals surface area (Å²) < 4.78 is 0. The number of rotatable bonds is 6. The van der Waals surface area contributed by atoms with E-state index in [1.54, 1.807) is 0 Å². The molecule has 0 aromatic heterocycles. The molecule has 0 amide bonds. The number of hydrogen-bond acceptors (Lipinski definition) is 2. The van der Waals surface area contributed by atoms with Crippen molar-refractivity contribution < 1.29 is 0 Å². The first-order chi connectivity index (χ1) is 7.65. The zero-order valence-electron chi connectivity index (χ0n) is 11.5. The molecule has 0 bridgehead atoms. The van der Waals surface area contributed by atoms with E-state index < -0.39 is 0 Å². The van der Waals surface area contributed by atoms with E-state index in [0.717, 1.165) is 17.9 Å². The molecule has 0 aromatic carbocycles. The van der Waals surface area contributed by atoms with Gasteiger partial charge in [-0.2, -0.15) is 11.8 Å². The quantitative estimate of drug-likeness (QED) is 0.758. The fourth-order valence-corrected chi connectivity index (χ4v) is 3.56. The van der Waals surface area contributed by atoms with Crippen LogP contribution in [0.3, 0.4) is 0 Å². The van der Waals surface area contributed by atoms with Crippen LogP contribution in [0.15, 0.2) is 0 Å². The molecule has 0 heterocycles. The molecule has 1 N–H and O–H groups in total. The smallest absolute Gasteiger partial charge is 0.0132 e. The Morgan fingerprint density at radius 2 is 1.88 bits per heavy atom. The van der Waals surface area contributed by atoms with Crippen molar-refractivity contribution >= 4 is 11.8 Å². The Hall–Kier alpha value is 0.310. The molecular formula is C14H29NS. The summed E-state index contributed by atoms with van der Waals surface area (Å²) in [5, 5.41) is 3.86. The lowest BCUT2D eigenvalue weighted by molar-refractivity contribution is 0.198.